The zero-order valence-electron chi connectivity index (χ0n) is 16.3. The van der Waals surface area contributed by atoms with Gasteiger partial charge < -0.3 is 4.74 Å². The molecule has 0 unspecified atom stereocenters. The van der Waals surface area contributed by atoms with E-state index in [1.54, 1.807) is 0 Å². The lowest BCUT2D eigenvalue weighted by atomic mass is 10.3. The van der Waals surface area contributed by atoms with Crippen LogP contribution in [0.15, 0.2) is 126 Å². The van der Waals surface area contributed by atoms with Crippen LogP contribution in [-0.4, -0.2) is 12.8 Å². The molecule has 2 nitrogen and oxygen atoms in total. The summed E-state index contributed by atoms with van der Waals surface area (Å²) in [7, 11) is -2.06. The van der Waals surface area contributed by atoms with Gasteiger partial charge in [0.25, 0.3) is 0 Å². The van der Waals surface area contributed by atoms with Gasteiger partial charge in [-0.1, -0.05) is 97.1 Å². The molecule has 0 aliphatic carbocycles. The van der Waals surface area contributed by atoms with E-state index in [9.17, 15) is 0 Å². The smallest absolute Gasteiger partial charge is 0.119 e. The van der Waals surface area contributed by atoms with Gasteiger partial charge in [-0.2, -0.15) is 0 Å². The van der Waals surface area contributed by atoms with E-state index >= 15 is 0 Å². The van der Waals surface area contributed by atoms with E-state index in [2.05, 4.69) is 72.8 Å². The Balaban J connectivity index is 1.81. The summed E-state index contributed by atoms with van der Waals surface area (Å²) in [4.78, 5) is 0. The van der Waals surface area contributed by atoms with E-state index in [1.165, 1.54) is 10.6 Å². The molecule has 0 radical (unpaired) electrons. The van der Waals surface area contributed by atoms with Crippen LogP contribution in [-0.2, 0) is 0 Å². The van der Waals surface area contributed by atoms with Gasteiger partial charge in [0.2, 0.25) is 0 Å². The maximum atomic E-state index is 6.11. The predicted octanol–water partition coefficient (Wildman–Crippen LogP) is 6.25. The molecule has 0 aliphatic heterocycles. The molecule has 4 aromatic rings. The number of rotatable bonds is 7. The minimum Gasteiger partial charge on any atom is -0.493 e. The van der Waals surface area contributed by atoms with Gasteiger partial charge in [-0.25, -0.2) is 0 Å². The average Bonchev–Trinajstić information content (AvgIpc) is 2.81. The summed E-state index contributed by atoms with van der Waals surface area (Å²) in [5, 5.41) is 2.54. The molecule has 0 spiro atoms. The second-order valence-corrected chi connectivity index (χ2v) is 9.98. The fraction of sp³-hybridized carbons (Fsp3) is 0.0769. The quantitative estimate of drug-likeness (QED) is 0.338. The summed E-state index contributed by atoms with van der Waals surface area (Å²) >= 11 is 0. The second kappa shape index (κ2) is 9.41. The first kappa shape index (κ1) is 19.2. The first-order chi connectivity index (χ1) is 14.4. The normalized spacial score (nSPS) is 11.0. The highest BCUT2D eigenvalue weighted by atomic mass is 31.2. The van der Waals surface area contributed by atoms with E-state index < -0.39 is 7.05 Å². The van der Waals surface area contributed by atoms with Gasteiger partial charge in [0.1, 0.15) is 5.75 Å². The molecule has 0 bridgehead atoms. The van der Waals surface area contributed by atoms with Gasteiger partial charge in [0.05, 0.1) is 12.3 Å². The van der Waals surface area contributed by atoms with E-state index in [1.807, 2.05) is 48.5 Å². The summed E-state index contributed by atoms with van der Waals surface area (Å²) < 4.78 is 11.5. The highest BCUT2D eigenvalue weighted by molar-refractivity contribution is 7.81. The number of hydrogen-bond donors (Lipinski definition) is 0. The maximum Gasteiger partial charge on any atom is 0.119 e. The molecular formula is C26H24NOP. The van der Waals surface area contributed by atoms with E-state index in [4.69, 9.17) is 9.48 Å². The third-order valence-electron chi connectivity index (χ3n) is 4.84. The molecule has 0 saturated carbocycles. The van der Waals surface area contributed by atoms with Crippen LogP contribution < -0.4 is 15.3 Å². The third kappa shape index (κ3) is 4.67. The Morgan fingerprint density at radius 1 is 0.552 bits per heavy atom. The number of hydrogen-bond acceptors (Lipinski definition) is 2. The SMILES string of the molecule is c1ccc(N=P(CCOc2ccccc2)(c2ccccc2)c2ccccc2)cc1. The first-order valence-corrected chi connectivity index (χ1v) is 11.7. The monoisotopic (exact) mass is 397 g/mol. The molecular weight excluding hydrogens is 373 g/mol. The van der Waals surface area contributed by atoms with Crippen LogP contribution in [0.4, 0.5) is 5.69 Å². The standard InChI is InChI=1S/C26H24NOP/c1-5-13-23(14-6-1)27-29(25-17-9-3-10-18-25,26-19-11-4-12-20-26)22-21-28-24-15-7-2-8-16-24/h1-20H,21-22H2. The van der Waals surface area contributed by atoms with Crippen LogP contribution in [0, 0.1) is 0 Å². The molecule has 4 aromatic carbocycles. The molecule has 0 heterocycles. The number of ether oxygens (including phenoxy) is 1. The second-order valence-electron chi connectivity index (χ2n) is 6.76. The van der Waals surface area contributed by atoms with E-state index in [0.717, 1.165) is 17.6 Å². The molecule has 29 heavy (non-hydrogen) atoms. The Kier molecular flexibility index (Phi) is 6.24. The molecule has 0 fully saturated rings. The van der Waals surface area contributed by atoms with Crippen molar-refractivity contribution in [3.8, 4) is 5.75 Å². The Hall–Kier alpha value is -3.09. The van der Waals surface area contributed by atoms with Crippen LogP contribution in [0.3, 0.4) is 0 Å². The molecule has 0 amide bonds. The van der Waals surface area contributed by atoms with Crippen molar-refractivity contribution in [2.24, 2.45) is 4.74 Å². The fourth-order valence-corrected chi connectivity index (χ4v) is 6.79. The summed E-state index contributed by atoms with van der Waals surface area (Å²) in [5.41, 5.74) is 1.01. The van der Waals surface area contributed by atoms with Crippen molar-refractivity contribution in [1.82, 2.24) is 0 Å². The highest BCUT2D eigenvalue weighted by Gasteiger charge is 2.25. The van der Waals surface area contributed by atoms with E-state index in [-0.39, 0.29) is 0 Å². The molecule has 3 heteroatoms. The van der Waals surface area contributed by atoms with Gasteiger partial charge in [-0.3, -0.25) is 4.74 Å². The Morgan fingerprint density at radius 3 is 1.52 bits per heavy atom. The van der Waals surface area contributed by atoms with Gasteiger partial charge in [-0.05, 0) is 34.9 Å². The van der Waals surface area contributed by atoms with Gasteiger partial charge in [-0.15, -0.1) is 0 Å². The maximum absolute atomic E-state index is 6.11. The average molecular weight is 397 g/mol. The molecule has 4 rings (SSSR count). The Bertz CT molecular complexity index is 1020. The van der Waals surface area contributed by atoms with Crippen LogP contribution in [0.2, 0.25) is 0 Å². The minimum absolute atomic E-state index is 0.609. The summed E-state index contributed by atoms with van der Waals surface area (Å²) in [6.45, 7) is 0.609. The third-order valence-corrected chi connectivity index (χ3v) is 8.54. The van der Waals surface area contributed by atoms with Crippen LogP contribution in [0.25, 0.3) is 0 Å². The van der Waals surface area contributed by atoms with Gasteiger partial charge in [0.15, 0.2) is 0 Å². The summed E-state index contributed by atoms with van der Waals surface area (Å²) in [6.07, 6.45) is 0.838. The lowest BCUT2D eigenvalue weighted by Crippen LogP contribution is -2.21. The molecule has 0 N–H and O–H groups in total. The topological polar surface area (TPSA) is 21.6 Å². The lowest BCUT2D eigenvalue weighted by molar-refractivity contribution is 0.343. The minimum atomic E-state index is -2.06. The number of para-hydroxylation sites is 1. The molecule has 0 aromatic heterocycles. The van der Waals surface area contributed by atoms with Crippen molar-refractivity contribution in [2.75, 3.05) is 12.8 Å². The fourth-order valence-electron chi connectivity index (χ4n) is 3.43. The van der Waals surface area contributed by atoms with Crippen molar-refractivity contribution >= 4 is 23.4 Å². The van der Waals surface area contributed by atoms with Crippen molar-refractivity contribution in [2.45, 2.75) is 0 Å². The van der Waals surface area contributed by atoms with Crippen molar-refractivity contribution in [1.29, 1.82) is 0 Å². The Labute approximate surface area is 172 Å². The number of nitrogens with zero attached hydrogens (tertiary/aromatic N) is 1. The van der Waals surface area contributed by atoms with Crippen LogP contribution in [0.1, 0.15) is 0 Å². The van der Waals surface area contributed by atoms with Crippen molar-refractivity contribution < 1.29 is 4.74 Å². The van der Waals surface area contributed by atoms with Gasteiger partial charge >= 0.3 is 0 Å². The van der Waals surface area contributed by atoms with Crippen LogP contribution >= 0.6 is 7.05 Å². The van der Waals surface area contributed by atoms with E-state index in [0.29, 0.717) is 6.61 Å². The van der Waals surface area contributed by atoms with Crippen molar-refractivity contribution in [3.05, 3.63) is 121 Å². The summed E-state index contributed by atoms with van der Waals surface area (Å²) in [6, 6.07) is 41.6. The molecule has 0 atom stereocenters. The predicted molar refractivity (Wildman–Crippen MR) is 124 cm³/mol. The summed E-state index contributed by atoms with van der Waals surface area (Å²) in [5.74, 6) is 0.895. The highest BCUT2D eigenvalue weighted by Crippen LogP contribution is 2.49. The van der Waals surface area contributed by atoms with Crippen molar-refractivity contribution in [3.63, 3.8) is 0 Å². The molecule has 0 saturated heterocycles. The zero-order chi connectivity index (χ0) is 19.8. The van der Waals surface area contributed by atoms with Gasteiger partial charge in [0, 0.05) is 13.2 Å². The largest absolute Gasteiger partial charge is 0.493 e. The zero-order valence-corrected chi connectivity index (χ0v) is 17.2. The Morgan fingerprint density at radius 2 is 1.00 bits per heavy atom. The van der Waals surface area contributed by atoms with Crippen LogP contribution in [0.5, 0.6) is 5.75 Å². The lowest BCUT2D eigenvalue weighted by Gasteiger charge is -2.26. The first-order valence-electron chi connectivity index (χ1n) is 9.82. The molecule has 0 aliphatic rings. The number of benzene rings is 4. The molecule has 144 valence electrons.